The molecule has 0 radical (unpaired) electrons. The van der Waals surface area contributed by atoms with Crippen LogP contribution in [0.25, 0.3) is 0 Å². The summed E-state index contributed by atoms with van der Waals surface area (Å²) >= 11 is -1.72. The van der Waals surface area contributed by atoms with E-state index in [-0.39, 0.29) is 5.92 Å². The average molecular weight is 453 g/mol. The number of hydrogen-bond donors (Lipinski definition) is 0. The Morgan fingerprint density at radius 3 is 2.00 bits per heavy atom. The SMILES string of the molecule is O=S(=O)(c1ccc(C2CCCCC2)cc1)C(F)(F)C(F)(F)C(F)(F)SOO[O-]. The molecule has 0 aliphatic heterocycles. The fourth-order valence-electron chi connectivity index (χ4n) is 2.95. The molecule has 1 aromatic rings. The molecule has 2 rings (SSSR count). The van der Waals surface area contributed by atoms with Crippen LogP contribution < -0.4 is 5.26 Å². The molecule has 1 fully saturated rings. The third-order valence-electron chi connectivity index (χ3n) is 4.50. The Balaban J connectivity index is 2.33. The van der Waals surface area contributed by atoms with Crippen LogP contribution in [0.4, 0.5) is 26.3 Å². The fraction of sp³-hybridized carbons (Fsp3) is 0.600. The molecule has 0 amide bonds. The molecule has 5 nitrogen and oxygen atoms in total. The Morgan fingerprint density at radius 2 is 1.50 bits per heavy atom. The van der Waals surface area contributed by atoms with Gasteiger partial charge in [0, 0.05) is 0 Å². The molecule has 0 saturated heterocycles. The Morgan fingerprint density at radius 1 is 0.964 bits per heavy atom. The lowest BCUT2D eigenvalue weighted by molar-refractivity contribution is -0.777. The molecule has 160 valence electrons. The molecule has 0 heterocycles. The standard InChI is InChI=1S/C15H16F6O5S2/c16-13(17,14(18,19)27-26-25-22)15(20,21)28(23,24)12-8-6-11(7-9-12)10-4-2-1-3-5-10/h6-10,22H,1-5H2/p-1. The molecule has 1 aliphatic carbocycles. The van der Waals surface area contributed by atoms with Crippen molar-refractivity contribution in [2.24, 2.45) is 0 Å². The van der Waals surface area contributed by atoms with Crippen LogP contribution in [0, 0.1) is 0 Å². The van der Waals surface area contributed by atoms with E-state index in [9.17, 15) is 40.0 Å². The lowest BCUT2D eigenvalue weighted by atomic mass is 9.84. The predicted octanol–water partition coefficient (Wildman–Crippen LogP) is 4.20. The van der Waals surface area contributed by atoms with Crippen LogP contribution in [0.1, 0.15) is 43.6 Å². The fourth-order valence-corrected chi connectivity index (χ4v) is 4.62. The first-order valence-corrected chi connectivity index (χ1v) is 10.2. The van der Waals surface area contributed by atoms with Gasteiger partial charge in [0.15, 0.2) is 0 Å². The smallest absolute Gasteiger partial charge is 0.418 e. The number of sulfone groups is 1. The second-order valence-electron chi connectivity index (χ2n) is 6.23. The van der Waals surface area contributed by atoms with E-state index >= 15 is 0 Å². The first-order chi connectivity index (χ1) is 12.9. The highest BCUT2D eigenvalue weighted by molar-refractivity contribution is 7.96. The summed E-state index contributed by atoms with van der Waals surface area (Å²) in [6.07, 6.45) is 4.54. The maximum absolute atomic E-state index is 14.0. The highest BCUT2D eigenvalue weighted by atomic mass is 32.2. The van der Waals surface area contributed by atoms with Gasteiger partial charge < -0.3 is 5.26 Å². The third kappa shape index (κ3) is 4.13. The van der Waals surface area contributed by atoms with E-state index in [1.54, 1.807) is 0 Å². The van der Waals surface area contributed by atoms with Crippen molar-refractivity contribution in [2.45, 2.75) is 59.3 Å². The second kappa shape index (κ2) is 8.38. The first kappa shape index (κ1) is 23.3. The second-order valence-corrected chi connectivity index (χ2v) is 9.04. The zero-order chi connectivity index (χ0) is 21.2. The Hall–Kier alpha value is -1.02. The van der Waals surface area contributed by atoms with Gasteiger partial charge in [-0.15, -0.1) is 0 Å². The van der Waals surface area contributed by atoms with Crippen molar-refractivity contribution < 1.29 is 49.4 Å². The van der Waals surface area contributed by atoms with E-state index in [4.69, 9.17) is 0 Å². The summed E-state index contributed by atoms with van der Waals surface area (Å²) in [7, 11) is -6.20. The van der Waals surface area contributed by atoms with Crippen LogP contribution in [0.2, 0.25) is 0 Å². The maximum atomic E-state index is 14.0. The zero-order valence-electron chi connectivity index (χ0n) is 14.0. The van der Waals surface area contributed by atoms with Crippen LogP contribution in [0.15, 0.2) is 29.2 Å². The van der Waals surface area contributed by atoms with E-state index < -0.39 is 43.2 Å². The van der Waals surface area contributed by atoms with E-state index in [2.05, 4.69) is 9.37 Å². The first-order valence-electron chi connectivity index (χ1n) is 8.01. The number of alkyl halides is 6. The molecular weight excluding hydrogens is 438 g/mol. The van der Waals surface area contributed by atoms with Gasteiger partial charge in [-0.05, 0) is 36.5 Å². The normalized spacial score (nSPS) is 17.7. The molecule has 1 saturated carbocycles. The van der Waals surface area contributed by atoms with Gasteiger partial charge in [0.1, 0.15) is 12.0 Å². The number of hydrogen-bond acceptors (Lipinski definition) is 6. The summed E-state index contributed by atoms with van der Waals surface area (Å²) < 4.78 is 109. The molecular formula is C15H15F6O5S2-. The van der Waals surface area contributed by atoms with Crippen LogP contribution in [0.3, 0.4) is 0 Å². The highest BCUT2D eigenvalue weighted by Crippen LogP contribution is 2.54. The number of halogens is 6. The molecule has 0 unspecified atom stereocenters. The Labute approximate surface area is 161 Å². The molecule has 1 aromatic carbocycles. The Bertz CT molecular complexity index is 764. The minimum atomic E-state index is -6.41. The highest BCUT2D eigenvalue weighted by Gasteiger charge is 2.78. The van der Waals surface area contributed by atoms with Crippen LogP contribution in [-0.4, -0.2) is 24.8 Å². The molecule has 0 spiro atoms. The lowest BCUT2D eigenvalue weighted by Crippen LogP contribution is -2.56. The summed E-state index contributed by atoms with van der Waals surface area (Å²) in [6, 6.07) is 3.79. The van der Waals surface area contributed by atoms with E-state index in [0.29, 0.717) is 17.7 Å². The van der Waals surface area contributed by atoms with Crippen molar-refractivity contribution in [3.8, 4) is 0 Å². The largest absolute Gasteiger partial charge is 0.691 e. The van der Waals surface area contributed by atoms with Gasteiger partial charge in [-0.3, -0.25) is 5.04 Å². The van der Waals surface area contributed by atoms with Gasteiger partial charge in [0.2, 0.25) is 9.84 Å². The van der Waals surface area contributed by atoms with Gasteiger partial charge in [0.05, 0.1) is 4.90 Å². The minimum Gasteiger partial charge on any atom is -0.691 e. The van der Waals surface area contributed by atoms with Crippen molar-refractivity contribution >= 4 is 21.9 Å². The molecule has 1 aliphatic rings. The monoisotopic (exact) mass is 453 g/mol. The predicted molar refractivity (Wildman–Crippen MR) is 84.1 cm³/mol. The number of benzene rings is 1. The average Bonchev–Trinajstić information content (AvgIpc) is 2.66. The van der Waals surface area contributed by atoms with Gasteiger partial charge in [0.25, 0.3) is 0 Å². The number of rotatable bonds is 8. The van der Waals surface area contributed by atoms with Crippen molar-refractivity contribution in [1.29, 1.82) is 0 Å². The summed E-state index contributed by atoms with van der Waals surface area (Å²) in [5, 5.41) is -0.0423. The van der Waals surface area contributed by atoms with Crippen molar-refractivity contribution in [3.05, 3.63) is 29.8 Å². The molecule has 0 N–H and O–H groups in total. The molecule has 28 heavy (non-hydrogen) atoms. The van der Waals surface area contributed by atoms with Gasteiger partial charge in [-0.25, -0.2) is 8.42 Å². The Kier molecular flexibility index (Phi) is 6.96. The molecule has 0 bridgehead atoms. The molecule has 13 heteroatoms. The van der Waals surface area contributed by atoms with Gasteiger partial charge >= 0.3 is 16.4 Å². The summed E-state index contributed by atoms with van der Waals surface area (Å²) in [5.41, 5.74) is 0.649. The molecule has 0 aromatic heterocycles. The van der Waals surface area contributed by atoms with Crippen molar-refractivity contribution in [2.75, 3.05) is 0 Å². The minimum absolute atomic E-state index is 0.0810. The van der Waals surface area contributed by atoms with E-state index in [1.807, 2.05) is 0 Å². The lowest BCUT2D eigenvalue weighted by Gasteiger charge is -2.31. The summed E-state index contributed by atoms with van der Waals surface area (Å²) in [5.74, 6) is -6.33. The maximum Gasteiger partial charge on any atom is 0.418 e. The zero-order valence-corrected chi connectivity index (χ0v) is 15.7. The summed E-state index contributed by atoms with van der Waals surface area (Å²) in [4.78, 5) is -1.24. The summed E-state index contributed by atoms with van der Waals surface area (Å²) in [6.45, 7) is 0. The van der Waals surface area contributed by atoms with E-state index in [0.717, 1.165) is 32.1 Å². The van der Waals surface area contributed by atoms with Crippen LogP contribution in [-0.2, 0) is 19.2 Å². The van der Waals surface area contributed by atoms with Gasteiger partial charge in [-0.2, -0.15) is 30.7 Å². The molecule has 0 atom stereocenters. The van der Waals surface area contributed by atoms with Crippen LogP contribution in [0.5, 0.6) is 0 Å². The van der Waals surface area contributed by atoms with Crippen molar-refractivity contribution in [1.82, 2.24) is 0 Å². The van der Waals surface area contributed by atoms with Crippen molar-refractivity contribution in [3.63, 3.8) is 0 Å². The van der Waals surface area contributed by atoms with Gasteiger partial charge in [-0.1, -0.05) is 31.4 Å². The quantitative estimate of drug-likeness (QED) is 0.254. The van der Waals surface area contributed by atoms with E-state index in [1.165, 1.54) is 12.1 Å². The third-order valence-corrected chi connectivity index (χ3v) is 6.92. The topological polar surface area (TPSA) is 75.7 Å². The van der Waals surface area contributed by atoms with Crippen LogP contribution >= 0.6 is 12.0 Å².